The van der Waals surface area contributed by atoms with Crippen molar-refractivity contribution in [3.05, 3.63) is 29.3 Å². The van der Waals surface area contributed by atoms with Gasteiger partial charge in [-0.15, -0.1) is 0 Å². The van der Waals surface area contributed by atoms with E-state index in [9.17, 15) is 18.4 Å². The number of hydrogen-bond acceptors (Lipinski definition) is 4. The van der Waals surface area contributed by atoms with E-state index in [-0.39, 0.29) is 29.7 Å². The first-order chi connectivity index (χ1) is 8.60. The number of benzene rings is 1. The summed E-state index contributed by atoms with van der Waals surface area (Å²) in [6.07, 6.45) is 0.880. The summed E-state index contributed by atoms with van der Waals surface area (Å²) in [6.45, 7) is -2.99. The van der Waals surface area contributed by atoms with Crippen LogP contribution in [0.5, 0.6) is 5.75 Å². The zero-order chi connectivity index (χ0) is 13.5. The van der Waals surface area contributed by atoms with Gasteiger partial charge in [0.1, 0.15) is 12.0 Å². The van der Waals surface area contributed by atoms with Gasteiger partial charge in [-0.2, -0.15) is 8.78 Å². The lowest BCUT2D eigenvalue weighted by Gasteiger charge is -2.13. The maximum Gasteiger partial charge on any atom is 0.387 e. The molecule has 18 heavy (non-hydrogen) atoms. The van der Waals surface area contributed by atoms with Crippen molar-refractivity contribution in [2.75, 3.05) is 7.11 Å². The fraction of sp³-hybridized carbons (Fsp3) is 0.333. The summed E-state index contributed by atoms with van der Waals surface area (Å²) >= 11 is 0. The Hall–Kier alpha value is -1.98. The molecular formula is C12H12F2O4. The Morgan fingerprint density at radius 1 is 1.44 bits per heavy atom. The van der Waals surface area contributed by atoms with Crippen LogP contribution in [0.4, 0.5) is 8.78 Å². The Balaban J connectivity index is 3.15. The molecule has 1 aromatic rings. The highest BCUT2D eigenvalue weighted by atomic mass is 19.3. The lowest BCUT2D eigenvalue weighted by atomic mass is 10.0. The molecule has 1 aromatic carbocycles. The number of carbonyl (C=O) groups is 2. The van der Waals surface area contributed by atoms with Crippen molar-refractivity contribution in [1.82, 2.24) is 0 Å². The van der Waals surface area contributed by atoms with Crippen LogP contribution in [0.2, 0.25) is 0 Å². The maximum atomic E-state index is 12.2. The average molecular weight is 258 g/mol. The lowest BCUT2D eigenvalue weighted by molar-refractivity contribution is -0.107. The molecule has 0 amide bonds. The molecule has 0 aliphatic carbocycles. The molecule has 0 atom stereocenters. The number of rotatable bonds is 6. The molecular weight excluding hydrogens is 246 g/mol. The van der Waals surface area contributed by atoms with Gasteiger partial charge in [0.05, 0.1) is 12.7 Å². The molecule has 0 spiro atoms. The van der Waals surface area contributed by atoms with Gasteiger partial charge in [0, 0.05) is 12.0 Å². The fourth-order valence-corrected chi connectivity index (χ4v) is 1.53. The molecule has 0 radical (unpaired) electrons. The number of esters is 1. The predicted molar refractivity (Wildman–Crippen MR) is 58.8 cm³/mol. The van der Waals surface area contributed by atoms with Crippen LogP contribution in [-0.2, 0) is 16.0 Å². The molecule has 0 N–H and O–H groups in total. The van der Waals surface area contributed by atoms with Crippen molar-refractivity contribution in [3.63, 3.8) is 0 Å². The number of alkyl halides is 2. The molecule has 6 heteroatoms. The number of ether oxygens (including phenoxy) is 2. The van der Waals surface area contributed by atoms with Gasteiger partial charge in [-0.25, -0.2) is 4.79 Å². The molecule has 0 aromatic heterocycles. The van der Waals surface area contributed by atoms with Crippen LogP contribution in [-0.4, -0.2) is 26.0 Å². The van der Waals surface area contributed by atoms with E-state index in [2.05, 4.69) is 9.47 Å². The molecule has 0 saturated heterocycles. The number of methoxy groups -OCH3 is 1. The van der Waals surface area contributed by atoms with E-state index in [1.165, 1.54) is 25.3 Å². The summed E-state index contributed by atoms with van der Waals surface area (Å²) in [5.74, 6) is -0.773. The Labute approximate surface area is 103 Å². The van der Waals surface area contributed by atoms with E-state index in [4.69, 9.17) is 0 Å². The summed E-state index contributed by atoms with van der Waals surface area (Å²) < 4.78 is 33.3. The third-order valence-electron chi connectivity index (χ3n) is 2.27. The molecule has 0 aliphatic rings. The largest absolute Gasteiger partial charge is 0.465 e. The van der Waals surface area contributed by atoms with E-state index in [1.54, 1.807) is 0 Å². The Morgan fingerprint density at radius 3 is 2.72 bits per heavy atom. The third kappa shape index (κ3) is 3.51. The first-order valence-corrected chi connectivity index (χ1v) is 5.18. The number of halogens is 2. The van der Waals surface area contributed by atoms with Gasteiger partial charge in [0.15, 0.2) is 0 Å². The smallest absolute Gasteiger partial charge is 0.387 e. The van der Waals surface area contributed by atoms with E-state index in [0.29, 0.717) is 6.29 Å². The van der Waals surface area contributed by atoms with E-state index < -0.39 is 12.6 Å². The van der Waals surface area contributed by atoms with Crippen LogP contribution in [0.1, 0.15) is 22.3 Å². The molecule has 4 nitrogen and oxygen atoms in total. The van der Waals surface area contributed by atoms with Crippen molar-refractivity contribution in [3.8, 4) is 5.75 Å². The second kappa shape index (κ2) is 6.68. The summed E-state index contributed by atoms with van der Waals surface area (Å²) in [5.41, 5.74) is 0.370. The van der Waals surface area contributed by atoms with Gasteiger partial charge >= 0.3 is 12.6 Å². The van der Waals surface area contributed by atoms with E-state index in [0.717, 1.165) is 0 Å². The maximum absolute atomic E-state index is 12.2. The lowest BCUT2D eigenvalue weighted by Crippen LogP contribution is -2.10. The molecule has 0 bridgehead atoms. The molecule has 0 unspecified atom stereocenters. The van der Waals surface area contributed by atoms with Crippen LogP contribution >= 0.6 is 0 Å². The van der Waals surface area contributed by atoms with Crippen LogP contribution in [0, 0.1) is 0 Å². The van der Waals surface area contributed by atoms with E-state index >= 15 is 0 Å². The van der Waals surface area contributed by atoms with Crippen molar-refractivity contribution < 1.29 is 27.8 Å². The normalized spacial score (nSPS) is 10.2. The Bertz CT molecular complexity index is 432. The first kappa shape index (κ1) is 14.1. The first-order valence-electron chi connectivity index (χ1n) is 5.18. The van der Waals surface area contributed by atoms with Crippen LogP contribution in [0.25, 0.3) is 0 Å². The van der Waals surface area contributed by atoms with E-state index in [1.807, 2.05) is 0 Å². The van der Waals surface area contributed by atoms with Crippen LogP contribution in [0.15, 0.2) is 18.2 Å². The van der Waals surface area contributed by atoms with Crippen molar-refractivity contribution in [2.45, 2.75) is 19.5 Å². The molecule has 0 fully saturated rings. The monoisotopic (exact) mass is 258 g/mol. The Morgan fingerprint density at radius 2 is 2.17 bits per heavy atom. The highest BCUT2D eigenvalue weighted by Crippen LogP contribution is 2.26. The van der Waals surface area contributed by atoms with Gasteiger partial charge in [0.2, 0.25) is 0 Å². The van der Waals surface area contributed by atoms with Gasteiger partial charge in [-0.3, -0.25) is 0 Å². The predicted octanol–water partition coefficient (Wildman–Crippen LogP) is 2.21. The van der Waals surface area contributed by atoms with Crippen molar-refractivity contribution in [1.29, 1.82) is 0 Å². The number of carbonyl (C=O) groups excluding carboxylic acids is 2. The molecule has 0 aliphatic heterocycles. The summed E-state index contributed by atoms with van der Waals surface area (Å²) in [5, 5.41) is 0. The second-order valence-corrected chi connectivity index (χ2v) is 3.36. The summed E-state index contributed by atoms with van der Waals surface area (Å²) in [6, 6.07) is 4.16. The summed E-state index contributed by atoms with van der Waals surface area (Å²) in [7, 11) is 1.19. The zero-order valence-electron chi connectivity index (χ0n) is 9.69. The van der Waals surface area contributed by atoms with Gasteiger partial charge in [0.25, 0.3) is 0 Å². The molecule has 1 rings (SSSR count). The van der Waals surface area contributed by atoms with Crippen LogP contribution in [0.3, 0.4) is 0 Å². The molecule has 98 valence electrons. The highest BCUT2D eigenvalue weighted by Gasteiger charge is 2.17. The second-order valence-electron chi connectivity index (χ2n) is 3.36. The zero-order valence-corrected chi connectivity index (χ0v) is 9.69. The number of aldehydes is 1. The summed E-state index contributed by atoms with van der Waals surface area (Å²) in [4.78, 5) is 21.8. The average Bonchev–Trinajstić information content (AvgIpc) is 2.35. The minimum atomic E-state index is -2.99. The Kier molecular flexibility index (Phi) is 5.23. The molecule has 0 heterocycles. The SMILES string of the molecule is COC(=O)c1cccc(OC(F)F)c1CCC=O. The fourth-order valence-electron chi connectivity index (χ4n) is 1.53. The topological polar surface area (TPSA) is 52.6 Å². The van der Waals surface area contributed by atoms with Gasteiger partial charge in [-0.1, -0.05) is 6.07 Å². The minimum absolute atomic E-state index is 0.105. The standard InChI is InChI=1S/C12H12F2O4/c1-17-11(16)9-4-2-6-10(18-12(13)14)8(9)5-3-7-15/h2,4,6-7,12H,3,5H2,1H3. The molecule has 0 saturated carbocycles. The van der Waals surface area contributed by atoms with Gasteiger partial charge in [-0.05, 0) is 18.6 Å². The number of hydrogen-bond donors (Lipinski definition) is 0. The third-order valence-corrected chi connectivity index (χ3v) is 2.27. The highest BCUT2D eigenvalue weighted by molar-refractivity contribution is 5.91. The quantitative estimate of drug-likeness (QED) is 0.580. The minimum Gasteiger partial charge on any atom is -0.465 e. The van der Waals surface area contributed by atoms with Crippen molar-refractivity contribution in [2.24, 2.45) is 0 Å². The van der Waals surface area contributed by atoms with Gasteiger partial charge < -0.3 is 14.3 Å². The van der Waals surface area contributed by atoms with Crippen molar-refractivity contribution >= 4 is 12.3 Å². The van der Waals surface area contributed by atoms with Crippen LogP contribution < -0.4 is 4.74 Å².